The molecule has 8 heavy (non-hydrogen) atoms. The molecule has 1 aliphatic rings. The van der Waals surface area contributed by atoms with Crippen molar-refractivity contribution in [2.75, 3.05) is 0 Å². The van der Waals surface area contributed by atoms with E-state index in [1.807, 2.05) is 0 Å². The minimum atomic E-state index is 0.731. The largest absolute Gasteiger partial charge is 0.242 e. The molecule has 0 aliphatic heterocycles. The molecule has 0 amide bonds. The van der Waals surface area contributed by atoms with Crippen LogP contribution in [0, 0.1) is 24.7 Å². The molecule has 46 valence electrons. The van der Waals surface area contributed by atoms with Gasteiger partial charge in [0.1, 0.15) is 0 Å². The number of rotatable bonds is 1. The Bertz CT molecular complexity index is 105. The first-order valence-corrected chi connectivity index (χ1v) is 3.15. The first-order chi connectivity index (χ1) is 3.64. The molecule has 1 rings (SSSR count). The van der Waals surface area contributed by atoms with Crippen LogP contribution >= 0.6 is 0 Å². The second kappa shape index (κ2) is 1.54. The van der Waals surface area contributed by atoms with E-state index in [1.165, 1.54) is 0 Å². The molecule has 0 nitrogen and oxygen atoms in total. The molecule has 0 spiro atoms. The van der Waals surface area contributed by atoms with Crippen LogP contribution < -0.4 is 0 Å². The van der Waals surface area contributed by atoms with Crippen LogP contribution in [0.1, 0.15) is 13.8 Å². The Balaban J connectivity index is 2.44. The van der Waals surface area contributed by atoms with Gasteiger partial charge < -0.3 is 0 Å². The zero-order chi connectivity index (χ0) is 6.31. The maximum Gasteiger partial charge on any atom is -0.0370 e. The van der Waals surface area contributed by atoms with Gasteiger partial charge in [-0.3, -0.25) is 0 Å². The van der Waals surface area contributed by atoms with E-state index in [9.17, 15) is 0 Å². The maximum absolute atomic E-state index is 3.81. The summed E-state index contributed by atoms with van der Waals surface area (Å²) >= 11 is 0. The zero-order valence-corrected chi connectivity index (χ0v) is 5.65. The van der Waals surface area contributed by atoms with E-state index in [2.05, 4.69) is 27.4 Å². The highest BCUT2D eigenvalue weighted by atomic mass is 14.5. The van der Waals surface area contributed by atoms with E-state index < -0.39 is 0 Å². The maximum atomic E-state index is 3.81. The van der Waals surface area contributed by atoms with Gasteiger partial charge in [0, 0.05) is 0 Å². The summed E-state index contributed by atoms with van der Waals surface area (Å²) in [6.45, 7) is 12.1. The van der Waals surface area contributed by atoms with E-state index in [0.29, 0.717) is 0 Å². The Hall–Kier alpha value is -0.390. The van der Waals surface area contributed by atoms with Crippen LogP contribution in [0.2, 0.25) is 0 Å². The van der Waals surface area contributed by atoms with E-state index >= 15 is 0 Å². The van der Waals surface area contributed by atoms with Crippen LogP contribution in [0.5, 0.6) is 0 Å². The normalized spacial score (nSPS) is 44.0. The van der Waals surface area contributed by atoms with Crippen molar-refractivity contribution in [3.63, 3.8) is 0 Å². The minimum absolute atomic E-state index is 0.731. The minimum Gasteiger partial charge on any atom is -0.242 e. The third-order valence-electron chi connectivity index (χ3n) is 2.29. The molecule has 0 N–H and O–H groups in total. The molecule has 2 atom stereocenters. The summed E-state index contributed by atoms with van der Waals surface area (Å²) in [7, 11) is 0. The van der Waals surface area contributed by atoms with Crippen LogP contribution in [-0.2, 0) is 0 Å². The molecule has 0 heteroatoms. The first kappa shape index (κ1) is 5.74. The number of hydrogen-bond acceptors (Lipinski definition) is 0. The Morgan fingerprint density at radius 1 is 1.38 bits per heavy atom. The van der Waals surface area contributed by atoms with Crippen molar-refractivity contribution in [3.05, 3.63) is 19.1 Å². The highest BCUT2D eigenvalue weighted by Gasteiger charge is 2.40. The Morgan fingerprint density at radius 3 is 1.75 bits per heavy atom. The summed E-state index contributed by atoms with van der Waals surface area (Å²) in [6.07, 6.45) is 0. The van der Waals surface area contributed by atoms with E-state index in [0.717, 1.165) is 23.3 Å². The second-order valence-corrected chi connectivity index (χ2v) is 2.90. The van der Waals surface area contributed by atoms with Crippen molar-refractivity contribution >= 4 is 0 Å². The number of hydrogen-bond donors (Lipinski definition) is 0. The van der Waals surface area contributed by atoms with Crippen molar-refractivity contribution in [2.45, 2.75) is 13.8 Å². The Morgan fingerprint density at radius 2 is 1.75 bits per heavy atom. The molecule has 1 aliphatic carbocycles. The van der Waals surface area contributed by atoms with Gasteiger partial charge in [0.05, 0.1) is 0 Å². The molecule has 0 heterocycles. The molecular formula is C8H13-. The molecule has 0 radical (unpaired) electrons. The highest BCUT2D eigenvalue weighted by Crippen LogP contribution is 2.49. The molecule has 1 saturated carbocycles. The van der Waals surface area contributed by atoms with Crippen LogP contribution in [0.25, 0.3) is 0 Å². The predicted octanol–water partition coefficient (Wildman–Crippen LogP) is 2.28. The standard InChI is InChI=1S/C8H13/c1-5(2)8-6(3)7(8)4/h6-8H,1-2H2,3-4H3/q-1. The van der Waals surface area contributed by atoms with E-state index in [-0.39, 0.29) is 0 Å². The Kier molecular flexibility index (Phi) is 1.11. The van der Waals surface area contributed by atoms with Crippen molar-refractivity contribution in [1.29, 1.82) is 0 Å². The summed E-state index contributed by atoms with van der Waals surface area (Å²) in [5, 5.41) is 0. The summed E-state index contributed by atoms with van der Waals surface area (Å²) < 4.78 is 0. The zero-order valence-electron chi connectivity index (χ0n) is 5.65. The summed E-state index contributed by atoms with van der Waals surface area (Å²) in [6, 6.07) is 0. The average Bonchev–Trinajstić information content (AvgIpc) is 2.15. The molecule has 0 aromatic carbocycles. The fourth-order valence-electron chi connectivity index (χ4n) is 1.41. The van der Waals surface area contributed by atoms with Gasteiger partial charge in [-0.05, 0) is 17.8 Å². The van der Waals surface area contributed by atoms with E-state index in [4.69, 9.17) is 0 Å². The van der Waals surface area contributed by atoms with Crippen molar-refractivity contribution in [1.82, 2.24) is 0 Å². The lowest BCUT2D eigenvalue weighted by Gasteiger charge is -1.98. The van der Waals surface area contributed by atoms with Gasteiger partial charge in [-0.25, -0.2) is 19.1 Å². The SMILES string of the molecule is C=C([CH2-])C1C(C)C1C. The smallest absolute Gasteiger partial charge is 0.0370 e. The lowest BCUT2D eigenvalue weighted by Crippen LogP contribution is -1.77. The lowest BCUT2D eigenvalue weighted by molar-refractivity contribution is 0.834. The van der Waals surface area contributed by atoms with Gasteiger partial charge in [0.15, 0.2) is 0 Å². The molecular weight excluding hydrogens is 96.1 g/mol. The fraction of sp³-hybridized carbons (Fsp3) is 0.625. The fourth-order valence-corrected chi connectivity index (χ4v) is 1.41. The highest BCUT2D eigenvalue weighted by molar-refractivity contribution is 5.16. The van der Waals surface area contributed by atoms with Crippen LogP contribution in [0.15, 0.2) is 12.2 Å². The number of allylic oxidation sites excluding steroid dienone is 1. The third kappa shape index (κ3) is 0.644. The van der Waals surface area contributed by atoms with Crippen LogP contribution in [0.4, 0.5) is 0 Å². The summed E-state index contributed by atoms with van der Waals surface area (Å²) in [5.41, 5.74) is 1.12. The Labute approximate surface area is 51.6 Å². The van der Waals surface area contributed by atoms with Crippen molar-refractivity contribution < 1.29 is 0 Å². The van der Waals surface area contributed by atoms with Crippen molar-refractivity contribution in [3.8, 4) is 0 Å². The molecule has 1 fully saturated rings. The lowest BCUT2D eigenvalue weighted by atomic mass is 10.2. The quantitative estimate of drug-likeness (QED) is 0.453. The van der Waals surface area contributed by atoms with E-state index in [1.54, 1.807) is 0 Å². The molecule has 0 bridgehead atoms. The monoisotopic (exact) mass is 109 g/mol. The van der Waals surface area contributed by atoms with Gasteiger partial charge >= 0.3 is 0 Å². The predicted molar refractivity (Wildman–Crippen MR) is 36.3 cm³/mol. The second-order valence-electron chi connectivity index (χ2n) is 2.90. The van der Waals surface area contributed by atoms with Gasteiger partial charge in [-0.1, -0.05) is 13.8 Å². The van der Waals surface area contributed by atoms with Gasteiger partial charge in [0.2, 0.25) is 0 Å². The molecule has 2 unspecified atom stereocenters. The summed E-state index contributed by atoms with van der Waals surface area (Å²) in [5.74, 6) is 2.43. The average molecular weight is 109 g/mol. The van der Waals surface area contributed by atoms with Crippen LogP contribution in [-0.4, -0.2) is 0 Å². The first-order valence-electron chi connectivity index (χ1n) is 3.15. The van der Waals surface area contributed by atoms with Gasteiger partial charge in [-0.2, -0.15) is 0 Å². The third-order valence-corrected chi connectivity index (χ3v) is 2.29. The van der Waals surface area contributed by atoms with Gasteiger partial charge in [0.25, 0.3) is 0 Å². The molecule has 0 saturated heterocycles. The summed E-state index contributed by atoms with van der Waals surface area (Å²) in [4.78, 5) is 0. The topological polar surface area (TPSA) is 0 Å². The van der Waals surface area contributed by atoms with Gasteiger partial charge in [-0.15, -0.1) is 0 Å². The molecule has 0 aromatic rings. The van der Waals surface area contributed by atoms with Crippen molar-refractivity contribution in [2.24, 2.45) is 17.8 Å². The molecule has 0 aromatic heterocycles. The van der Waals surface area contributed by atoms with Crippen LogP contribution in [0.3, 0.4) is 0 Å².